The zero-order chi connectivity index (χ0) is 12.1. The summed E-state index contributed by atoms with van der Waals surface area (Å²) in [5.74, 6) is -0.146. The Morgan fingerprint density at radius 2 is 2.12 bits per heavy atom. The lowest BCUT2D eigenvalue weighted by Gasteiger charge is -1.97. The minimum atomic E-state index is -0.377. The Morgan fingerprint density at radius 3 is 2.82 bits per heavy atom. The predicted molar refractivity (Wildman–Crippen MR) is 67.9 cm³/mol. The van der Waals surface area contributed by atoms with Crippen LogP contribution in [0.4, 0.5) is 0 Å². The Morgan fingerprint density at radius 1 is 1.29 bits per heavy atom. The van der Waals surface area contributed by atoms with E-state index in [2.05, 4.69) is 26.5 Å². The normalized spacial score (nSPS) is 10.6. The van der Waals surface area contributed by atoms with Crippen LogP contribution in [0.5, 0.6) is 0 Å². The van der Waals surface area contributed by atoms with Gasteiger partial charge in [0.25, 0.3) is 0 Å². The summed E-state index contributed by atoms with van der Waals surface area (Å²) in [5.41, 5.74) is 3.26. The molecule has 0 aliphatic rings. The number of nitrogens with one attached hydrogen (secondary N) is 1. The maximum atomic E-state index is 11.5. The molecule has 0 radical (unpaired) electrons. The number of furan rings is 1. The number of hydrazone groups is 1. The minimum absolute atomic E-state index is 0.231. The van der Waals surface area contributed by atoms with Gasteiger partial charge in [0, 0.05) is 10.0 Å². The minimum Gasteiger partial charge on any atom is -0.459 e. The predicted octanol–water partition coefficient (Wildman–Crippen LogP) is 2.81. The molecule has 4 nitrogen and oxygen atoms in total. The monoisotopic (exact) mass is 292 g/mol. The lowest BCUT2D eigenvalue weighted by Crippen LogP contribution is -2.16. The van der Waals surface area contributed by atoms with E-state index in [0.29, 0.717) is 0 Å². The fraction of sp³-hybridized carbons (Fsp3) is 0. The van der Waals surface area contributed by atoms with Gasteiger partial charge in [0.2, 0.25) is 0 Å². The quantitative estimate of drug-likeness (QED) is 0.699. The second kappa shape index (κ2) is 5.45. The van der Waals surface area contributed by atoms with Crippen LogP contribution >= 0.6 is 15.9 Å². The summed E-state index contributed by atoms with van der Waals surface area (Å²) in [6, 6.07) is 10.8. The second-order valence-electron chi connectivity index (χ2n) is 3.20. The molecule has 0 aliphatic carbocycles. The van der Waals surface area contributed by atoms with Crippen LogP contribution in [0, 0.1) is 0 Å². The third kappa shape index (κ3) is 3.04. The van der Waals surface area contributed by atoms with Crippen molar-refractivity contribution in [2.75, 3.05) is 0 Å². The number of rotatable bonds is 3. The summed E-state index contributed by atoms with van der Waals surface area (Å²) in [4.78, 5) is 11.5. The fourth-order valence-corrected chi connectivity index (χ4v) is 1.59. The van der Waals surface area contributed by atoms with Crippen molar-refractivity contribution in [3.63, 3.8) is 0 Å². The van der Waals surface area contributed by atoms with Crippen LogP contribution < -0.4 is 5.43 Å². The van der Waals surface area contributed by atoms with E-state index in [9.17, 15) is 4.79 Å². The molecule has 2 aromatic rings. The standard InChI is InChI=1S/C12H9BrN2O2/c13-10-5-2-1-4-9(10)8-14-15-12(16)11-6-3-7-17-11/h1-8H,(H,15,16). The summed E-state index contributed by atoms with van der Waals surface area (Å²) in [6.45, 7) is 0. The number of benzene rings is 1. The molecule has 86 valence electrons. The van der Waals surface area contributed by atoms with Crippen molar-refractivity contribution in [2.45, 2.75) is 0 Å². The molecule has 1 aromatic heterocycles. The number of halogens is 1. The average molecular weight is 293 g/mol. The molecule has 0 spiro atoms. The van der Waals surface area contributed by atoms with Gasteiger partial charge < -0.3 is 4.42 Å². The van der Waals surface area contributed by atoms with Crippen LogP contribution in [0.1, 0.15) is 16.1 Å². The highest BCUT2D eigenvalue weighted by Crippen LogP contribution is 2.13. The maximum absolute atomic E-state index is 11.5. The molecule has 0 fully saturated rings. The number of carbonyl (C=O) groups is 1. The number of carbonyl (C=O) groups excluding carboxylic acids is 1. The van der Waals surface area contributed by atoms with Crippen LogP contribution in [-0.4, -0.2) is 12.1 Å². The van der Waals surface area contributed by atoms with Gasteiger partial charge in [0.15, 0.2) is 5.76 Å². The number of nitrogens with zero attached hydrogens (tertiary/aromatic N) is 1. The first-order chi connectivity index (χ1) is 8.27. The zero-order valence-electron chi connectivity index (χ0n) is 8.76. The highest BCUT2D eigenvalue weighted by molar-refractivity contribution is 9.10. The first kappa shape index (κ1) is 11.6. The van der Waals surface area contributed by atoms with Crippen LogP contribution in [0.15, 0.2) is 56.7 Å². The van der Waals surface area contributed by atoms with E-state index in [1.54, 1.807) is 18.3 Å². The first-order valence-electron chi connectivity index (χ1n) is 4.89. The van der Waals surface area contributed by atoms with Gasteiger partial charge in [-0.15, -0.1) is 0 Å². The molecule has 0 bridgehead atoms. The molecule has 17 heavy (non-hydrogen) atoms. The van der Waals surface area contributed by atoms with Crippen LogP contribution in [0.2, 0.25) is 0 Å². The Kier molecular flexibility index (Phi) is 3.72. The SMILES string of the molecule is O=C(NN=Cc1ccccc1Br)c1ccco1. The number of hydrogen-bond acceptors (Lipinski definition) is 3. The summed E-state index contributed by atoms with van der Waals surface area (Å²) < 4.78 is 5.84. The molecule has 0 saturated heterocycles. The van der Waals surface area contributed by atoms with E-state index in [1.165, 1.54) is 6.26 Å². The Bertz CT molecular complexity index is 535. The zero-order valence-corrected chi connectivity index (χ0v) is 10.3. The molecule has 0 atom stereocenters. The van der Waals surface area contributed by atoms with Crippen molar-refractivity contribution in [2.24, 2.45) is 5.10 Å². The summed E-state index contributed by atoms with van der Waals surface area (Å²) in [5, 5.41) is 3.84. The summed E-state index contributed by atoms with van der Waals surface area (Å²) in [6.07, 6.45) is 3.00. The highest BCUT2D eigenvalue weighted by atomic mass is 79.9. The van der Waals surface area contributed by atoms with Gasteiger partial charge in [0.1, 0.15) is 0 Å². The van der Waals surface area contributed by atoms with E-state index >= 15 is 0 Å². The number of hydrogen-bond donors (Lipinski definition) is 1. The Balaban J connectivity index is 1.99. The van der Waals surface area contributed by atoms with Crippen molar-refractivity contribution in [3.8, 4) is 0 Å². The molecule has 5 heteroatoms. The van der Waals surface area contributed by atoms with E-state index < -0.39 is 0 Å². The molecular weight excluding hydrogens is 284 g/mol. The molecule has 0 unspecified atom stereocenters. The Labute approximate surface area is 106 Å². The third-order valence-electron chi connectivity index (χ3n) is 2.02. The van der Waals surface area contributed by atoms with Gasteiger partial charge in [-0.25, -0.2) is 5.43 Å². The van der Waals surface area contributed by atoms with Crippen LogP contribution in [0.3, 0.4) is 0 Å². The largest absolute Gasteiger partial charge is 0.459 e. The van der Waals surface area contributed by atoms with Crippen LogP contribution in [0.25, 0.3) is 0 Å². The van der Waals surface area contributed by atoms with Crippen molar-refractivity contribution in [1.29, 1.82) is 0 Å². The van der Waals surface area contributed by atoms with Crippen molar-refractivity contribution < 1.29 is 9.21 Å². The Hall–Kier alpha value is -1.88. The van der Waals surface area contributed by atoms with E-state index in [0.717, 1.165) is 10.0 Å². The van der Waals surface area contributed by atoms with Crippen molar-refractivity contribution >= 4 is 28.1 Å². The molecule has 2 rings (SSSR count). The first-order valence-corrected chi connectivity index (χ1v) is 5.68. The highest BCUT2D eigenvalue weighted by Gasteiger charge is 2.05. The summed E-state index contributed by atoms with van der Waals surface area (Å²) >= 11 is 3.38. The third-order valence-corrected chi connectivity index (χ3v) is 2.74. The van der Waals surface area contributed by atoms with Gasteiger partial charge in [0.05, 0.1) is 12.5 Å². The van der Waals surface area contributed by atoms with Gasteiger partial charge in [-0.2, -0.15) is 5.10 Å². The van der Waals surface area contributed by atoms with E-state index in [1.807, 2.05) is 24.3 Å². The molecule has 1 amide bonds. The summed E-state index contributed by atoms with van der Waals surface area (Å²) in [7, 11) is 0. The second-order valence-corrected chi connectivity index (χ2v) is 4.05. The van der Waals surface area contributed by atoms with E-state index in [-0.39, 0.29) is 11.7 Å². The van der Waals surface area contributed by atoms with Crippen LogP contribution in [-0.2, 0) is 0 Å². The van der Waals surface area contributed by atoms with Crippen molar-refractivity contribution in [3.05, 3.63) is 58.5 Å². The molecule has 0 aliphatic heterocycles. The molecule has 1 heterocycles. The lowest BCUT2D eigenvalue weighted by atomic mass is 10.2. The molecular formula is C12H9BrN2O2. The van der Waals surface area contributed by atoms with Crippen molar-refractivity contribution in [1.82, 2.24) is 5.43 Å². The fourth-order valence-electron chi connectivity index (χ4n) is 1.20. The molecule has 1 aromatic carbocycles. The maximum Gasteiger partial charge on any atom is 0.307 e. The lowest BCUT2D eigenvalue weighted by molar-refractivity contribution is 0.0927. The van der Waals surface area contributed by atoms with Gasteiger partial charge in [-0.1, -0.05) is 34.1 Å². The van der Waals surface area contributed by atoms with Gasteiger partial charge >= 0.3 is 5.91 Å². The average Bonchev–Trinajstić information content (AvgIpc) is 2.85. The van der Waals surface area contributed by atoms with Gasteiger partial charge in [-0.3, -0.25) is 4.79 Å². The smallest absolute Gasteiger partial charge is 0.307 e. The van der Waals surface area contributed by atoms with Gasteiger partial charge in [-0.05, 0) is 18.2 Å². The molecule has 1 N–H and O–H groups in total. The molecule has 0 saturated carbocycles. The van der Waals surface area contributed by atoms with E-state index in [4.69, 9.17) is 4.42 Å². The number of amides is 1. The topological polar surface area (TPSA) is 54.6 Å².